The van der Waals surface area contributed by atoms with Crippen LogP contribution in [0, 0.1) is 0 Å². The minimum atomic E-state index is -3.63. The lowest BCUT2D eigenvalue weighted by atomic mass is 9.87. The number of fused-ring (bicyclic) bond motifs is 1. The third-order valence-electron chi connectivity index (χ3n) is 4.39. The zero-order valence-corrected chi connectivity index (χ0v) is 15.5. The number of sulfonamides is 1. The third-order valence-corrected chi connectivity index (χ3v) is 6.18. The minimum Gasteiger partial charge on any atom is -0.428 e. The number of carbonyl (C=O) groups excluding carboxylic acids is 1. The Balaban J connectivity index is 1.84. The lowest BCUT2D eigenvalue weighted by molar-refractivity contribution is -0.120. The van der Waals surface area contributed by atoms with E-state index in [0.717, 1.165) is 16.7 Å². The molecule has 7 heteroatoms. The van der Waals surface area contributed by atoms with E-state index in [4.69, 9.17) is 16.3 Å². The quantitative estimate of drug-likeness (QED) is 0.766. The van der Waals surface area contributed by atoms with Crippen molar-refractivity contribution in [2.45, 2.75) is 30.2 Å². The van der Waals surface area contributed by atoms with Crippen LogP contribution in [0.25, 0.3) is 6.08 Å². The number of hydrogen-bond donors (Lipinski definition) is 1. The van der Waals surface area contributed by atoms with Gasteiger partial charge in [-0.1, -0.05) is 30.3 Å². The molecule has 1 aliphatic rings. The first-order valence-corrected chi connectivity index (χ1v) is 9.95. The molecule has 0 radical (unpaired) electrons. The van der Waals surface area contributed by atoms with Crippen LogP contribution in [-0.2, 0) is 27.7 Å². The zero-order chi connectivity index (χ0) is 18.7. The van der Waals surface area contributed by atoms with E-state index in [1.54, 1.807) is 24.3 Å². The predicted octanol–water partition coefficient (Wildman–Crippen LogP) is 3.35. The van der Waals surface area contributed by atoms with Crippen LogP contribution >= 0.6 is 11.6 Å². The highest BCUT2D eigenvalue weighted by Gasteiger charge is 2.26. The maximum atomic E-state index is 12.6. The lowest BCUT2D eigenvalue weighted by Crippen LogP contribution is -2.38. The van der Waals surface area contributed by atoms with Crippen molar-refractivity contribution in [1.82, 2.24) is 4.72 Å². The van der Waals surface area contributed by atoms with Gasteiger partial charge >= 0.3 is 0 Å². The van der Waals surface area contributed by atoms with Crippen molar-refractivity contribution in [3.05, 3.63) is 64.7 Å². The average Bonchev–Trinajstić information content (AvgIpc) is 2.61. The Hall–Kier alpha value is -2.15. The van der Waals surface area contributed by atoms with Gasteiger partial charge in [0.15, 0.2) is 0 Å². The molecule has 0 fully saturated rings. The summed E-state index contributed by atoms with van der Waals surface area (Å²) < 4.78 is 33.0. The average molecular weight is 392 g/mol. The molecule has 1 aliphatic carbocycles. The van der Waals surface area contributed by atoms with Gasteiger partial charge in [0, 0.05) is 11.1 Å². The van der Waals surface area contributed by atoms with E-state index in [0.29, 0.717) is 36.5 Å². The van der Waals surface area contributed by atoms with Gasteiger partial charge in [-0.25, -0.2) is 13.1 Å². The Morgan fingerprint density at radius 2 is 1.96 bits per heavy atom. The summed E-state index contributed by atoms with van der Waals surface area (Å²) in [5.41, 5.74) is 2.71. The summed E-state index contributed by atoms with van der Waals surface area (Å²) in [5, 5.41) is 0.482. The van der Waals surface area contributed by atoms with Crippen LogP contribution in [0.4, 0.5) is 0 Å². The fourth-order valence-corrected chi connectivity index (χ4v) is 4.55. The molecule has 1 atom stereocenters. The fourth-order valence-electron chi connectivity index (χ4n) is 3.16. The van der Waals surface area contributed by atoms with Crippen LogP contribution in [0.1, 0.15) is 23.1 Å². The molecule has 0 aromatic heterocycles. The second-order valence-corrected chi connectivity index (χ2v) is 8.24. The standard InChI is InChI=1S/C19H18ClNO4S/c1-2-13-9-14-11-16(5-8-18(14)19(10-13)25-12-22)21-26(23,24)17-6-3-15(20)4-7-17/h2-4,6-7,9-10,12,16,21H,1,5,8,11H2. The molecular weight excluding hydrogens is 374 g/mol. The molecule has 2 aromatic rings. The number of ether oxygens (including phenoxy) is 1. The van der Waals surface area contributed by atoms with Crippen LogP contribution in [0.2, 0.25) is 5.02 Å². The Kier molecular flexibility index (Phi) is 5.46. The molecule has 5 nitrogen and oxygen atoms in total. The SMILES string of the molecule is C=Cc1cc2c(c(OC=O)c1)CCC(NS(=O)(=O)c1ccc(Cl)cc1)C2. The van der Waals surface area contributed by atoms with Gasteiger partial charge in [0.2, 0.25) is 10.0 Å². The van der Waals surface area contributed by atoms with Crippen molar-refractivity contribution in [2.24, 2.45) is 0 Å². The summed E-state index contributed by atoms with van der Waals surface area (Å²) >= 11 is 5.82. The highest BCUT2D eigenvalue weighted by molar-refractivity contribution is 7.89. The van der Waals surface area contributed by atoms with E-state index in [1.807, 2.05) is 6.07 Å². The molecule has 0 saturated heterocycles. The summed E-state index contributed by atoms with van der Waals surface area (Å²) in [6.07, 6.45) is 3.41. The molecule has 0 spiro atoms. The van der Waals surface area contributed by atoms with Crippen LogP contribution in [0.5, 0.6) is 5.75 Å². The van der Waals surface area contributed by atoms with Crippen molar-refractivity contribution < 1.29 is 17.9 Å². The monoisotopic (exact) mass is 391 g/mol. The van der Waals surface area contributed by atoms with Gasteiger partial charge in [-0.2, -0.15) is 0 Å². The second kappa shape index (κ2) is 7.61. The van der Waals surface area contributed by atoms with Crippen LogP contribution in [0.15, 0.2) is 47.9 Å². The maximum absolute atomic E-state index is 12.6. The summed E-state index contributed by atoms with van der Waals surface area (Å²) in [6, 6.07) is 9.52. The Labute approximate surface area is 157 Å². The lowest BCUT2D eigenvalue weighted by Gasteiger charge is -2.27. The number of carbonyl (C=O) groups is 1. The highest BCUT2D eigenvalue weighted by atomic mass is 35.5. The van der Waals surface area contributed by atoms with Gasteiger partial charge in [0.05, 0.1) is 4.90 Å². The molecule has 0 amide bonds. The first-order chi connectivity index (χ1) is 12.4. The van der Waals surface area contributed by atoms with Crippen LogP contribution in [-0.4, -0.2) is 20.9 Å². The van der Waals surface area contributed by atoms with Gasteiger partial charge in [-0.15, -0.1) is 0 Å². The van der Waals surface area contributed by atoms with E-state index < -0.39 is 10.0 Å². The Morgan fingerprint density at radius 1 is 1.23 bits per heavy atom. The van der Waals surface area contributed by atoms with Gasteiger partial charge in [0.1, 0.15) is 5.75 Å². The first kappa shape index (κ1) is 18.6. The highest BCUT2D eigenvalue weighted by Crippen LogP contribution is 2.32. The number of benzene rings is 2. The molecule has 3 rings (SSSR count). The second-order valence-electron chi connectivity index (χ2n) is 6.09. The Morgan fingerprint density at radius 3 is 2.62 bits per heavy atom. The molecule has 1 unspecified atom stereocenters. The fraction of sp³-hybridized carbons (Fsp3) is 0.211. The molecule has 136 valence electrons. The summed E-state index contributed by atoms with van der Waals surface area (Å²) in [5.74, 6) is 0.506. The van der Waals surface area contributed by atoms with Crippen LogP contribution < -0.4 is 9.46 Å². The molecule has 0 saturated carbocycles. The molecule has 0 heterocycles. The molecule has 1 N–H and O–H groups in total. The largest absolute Gasteiger partial charge is 0.428 e. The van der Waals surface area contributed by atoms with E-state index in [9.17, 15) is 13.2 Å². The smallest absolute Gasteiger partial charge is 0.298 e. The molecular formula is C19H18ClNO4S. The van der Waals surface area contributed by atoms with Gasteiger partial charge in [-0.05, 0) is 66.3 Å². The molecule has 0 bridgehead atoms. The number of nitrogens with one attached hydrogen (secondary N) is 1. The Bertz CT molecular complexity index is 939. The van der Waals surface area contributed by atoms with E-state index in [1.165, 1.54) is 12.1 Å². The van der Waals surface area contributed by atoms with Crippen LogP contribution in [0.3, 0.4) is 0 Å². The normalized spacial score (nSPS) is 16.6. The van der Waals surface area contributed by atoms with E-state index >= 15 is 0 Å². The summed E-state index contributed by atoms with van der Waals surface area (Å²) in [7, 11) is -3.63. The van der Waals surface area contributed by atoms with Crippen molar-refractivity contribution in [1.29, 1.82) is 0 Å². The van der Waals surface area contributed by atoms with Crippen molar-refractivity contribution in [3.8, 4) is 5.75 Å². The van der Waals surface area contributed by atoms with Gasteiger partial charge in [0.25, 0.3) is 6.47 Å². The topological polar surface area (TPSA) is 72.5 Å². The molecule has 26 heavy (non-hydrogen) atoms. The maximum Gasteiger partial charge on any atom is 0.298 e. The molecule has 0 aliphatic heterocycles. The number of rotatable bonds is 6. The molecule has 2 aromatic carbocycles. The van der Waals surface area contributed by atoms with E-state index in [2.05, 4.69) is 11.3 Å². The van der Waals surface area contributed by atoms with Crippen molar-refractivity contribution >= 4 is 34.2 Å². The van der Waals surface area contributed by atoms with Crippen molar-refractivity contribution in [3.63, 3.8) is 0 Å². The van der Waals surface area contributed by atoms with Gasteiger partial charge < -0.3 is 4.74 Å². The zero-order valence-electron chi connectivity index (χ0n) is 13.9. The minimum absolute atomic E-state index is 0.178. The first-order valence-electron chi connectivity index (χ1n) is 8.09. The third kappa shape index (κ3) is 3.98. The number of halogens is 1. The summed E-state index contributed by atoms with van der Waals surface area (Å²) in [6.45, 7) is 4.14. The predicted molar refractivity (Wildman–Crippen MR) is 101 cm³/mol. The van der Waals surface area contributed by atoms with Gasteiger partial charge in [-0.3, -0.25) is 4.79 Å². The number of hydrogen-bond acceptors (Lipinski definition) is 4. The van der Waals surface area contributed by atoms with Crippen molar-refractivity contribution in [2.75, 3.05) is 0 Å². The van der Waals surface area contributed by atoms with E-state index in [-0.39, 0.29) is 10.9 Å². The summed E-state index contributed by atoms with van der Waals surface area (Å²) in [4.78, 5) is 10.9.